The van der Waals surface area contributed by atoms with E-state index < -0.39 is 0 Å². The molecule has 0 N–H and O–H groups in total. The molecule has 0 radical (unpaired) electrons. The third-order valence-corrected chi connectivity index (χ3v) is 4.01. The van der Waals surface area contributed by atoms with Gasteiger partial charge in [-0.2, -0.15) is 4.98 Å². The fraction of sp³-hybridized carbons (Fsp3) is 0.500. The van der Waals surface area contributed by atoms with Gasteiger partial charge in [0.25, 0.3) is 11.7 Å². The third-order valence-electron chi connectivity index (χ3n) is 4.01. The number of nitrogens with zero attached hydrogens (tertiary/aromatic N) is 4. The number of carbonyl (C=O) groups excluding carboxylic acids is 1. The molecule has 1 saturated heterocycles. The van der Waals surface area contributed by atoms with Crippen molar-refractivity contribution in [3.8, 4) is 5.75 Å². The van der Waals surface area contributed by atoms with Gasteiger partial charge in [0.1, 0.15) is 12.4 Å². The van der Waals surface area contributed by atoms with Gasteiger partial charge >= 0.3 is 0 Å². The molecule has 0 spiro atoms. The predicted molar refractivity (Wildman–Crippen MR) is 83.6 cm³/mol. The molecular formula is C16H20N4O4. The smallest absolute Gasteiger partial charge is 0.295 e. The van der Waals surface area contributed by atoms with Crippen molar-refractivity contribution >= 4 is 5.91 Å². The molecule has 2 aromatic rings. The molecule has 8 heteroatoms. The van der Waals surface area contributed by atoms with Crippen LogP contribution in [0.4, 0.5) is 0 Å². The molecule has 8 nitrogen and oxygen atoms in total. The minimum Gasteiger partial charge on any atom is -0.490 e. The topological polar surface area (TPSA) is 90.6 Å². The maximum absolute atomic E-state index is 12.7. The monoisotopic (exact) mass is 332 g/mol. The minimum atomic E-state index is -0.266. The van der Waals surface area contributed by atoms with Crippen molar-refractivity contribution in [2.24, 2.45) is 0 Å². The summed E-state index contributed by atoms with van der Waals surface area (Å²) in [6, 6.07) is 3.51. The zero-order valence-corrected chi connectivity index (χ0v) is 13.7. The average molecular weight is 332 g/mol. The number of hydrogen-bond acceptors (Lipinski definition) is 7. The number of hydrogen-bond donors (Lipinski definition) is 0. The SMILES string of the molecule is CCc1nc(C(=O)N2C[C@H](OC)C[C@H]2COc2cccnc2)no1. The molecule has 1 amide bonds. The van der Waals surface area contributed by atoms with Crippen LogP contribution in [0.15, 0.2) is 29.0 Å². The molecular weight excluding hydrogens is 312 g/mol. The first-order valence-corrected chi connectivity index (χ1v) is 7.90. The van der Waals surface area contributed by atoms with Crippen molar-refractivity contribution in [1.29, 1.82) is 0 Å². The van der Waals surface area contributed by atoms with Gasteiger partial charge in [0, 0.05) is 26.3 Å². The normalized spacial score (nSPS) is 20.3. The van der Waals surface area contributed by atoms with E-state index >= 15 is 0 Å². The van der Waals surface area contributed by atoms with Gasteiger partial charge in [0.05, 0.1) is 18.3 Å². The molecule has 1 aliphatic heterocycles. The summed E-state index contributed by atoms with van der Waals surface area (Å²) >= 11 is 0. The van der Waals surface area contributed by atoms with Gasteiger partial charge in [-0.1, -0.05) is 12.1 Å². The number of likely N-dealkylation sites (tertiary alicyclic amines) is 1. The van der Waals surface area contributed by atoms with Gasteiger partial charge in [-0.25, -0.2) is 0 Å². The molecule has 1 fully saturated rings. The van der Waals surface area contributed by atoms with Crippen LogP contribution >= 0.6 is 0 Å². The molecule has 24 heavy (non-hydrogen) atoms. The number of aryl methyl sites for hydroxylation is 1. The summed E-state index contributed by atoms with van der Waals surface area (Å²) in [5, 5.41) is 3.77. The largest absolute Gasteiger partial charge is 0.490 e. The Labute approximate surface area is 139 Å². The van der Waals surface area contributed by atoms with Crippen LogP contribution in [0.5, 0.6) is 5.75 Å². The lowest BCUT2D eigenvalue weighted by molar-refractivity contribution is 0.0643. The number of methoxy groups -OCH3 is 1. The highest BCUT2D eigenvalue weighted by atomic mass is 16.5. The fourth-order valence-corrected chi connectivity index (χ4v) is 2.69. The van der Waals surface area contributed by atoms with Crippen LogP contribution in [0.2, 0.25) is 0 Å². The zero-order chi connectivity index (χ0) is 16.9. The van der Waals surface area contributed by atoms with E-state index in [-0.39, 0.29) is 23.9 Å². The first kappa shape index (κ1) is 16.4. The maximum atomic E-state index is 12.7. The van der Waals surface area contributed by atoms with Crippen LogP contribution in [0.25, 0.3) is 0 Å². The summed E-state index contributed by atoms with van der Waals surface area (Å²) in [5.41, 5.74) is 0. The second-order valence-corrected chi connectivity index (χ2v) is 5.57. The van der Waals surface area contributed by atoms with E-state index in [0.717, 1.165) is 0 Å². The van der Waals surface area contributed by atoms with Crippen LogP contribution in [-0.2, 0) is 11.2 Å². The lowest BCUT2D eigenvalue weighted by Crippen LogP contribution is -2.39. The van der Waals surface area contributed by atoms with Crippen LogP contribution in [-0.4, -0.2) is 58.3 Å². The average Bonchev–Trinajstić information content (AvgIpc) is 3.27. The molecule has 2 atom stereocenters. The Bertz CT molecular complexity index is 676. The lowest BCUT2D eigenvalue weighted by atomic mass is 10.2. The number of carbonyl (C=O) groups is 1. The Kier molecular flexibility index (Phi) is 5.05. The van der Waals surface area contributed by atoms with E-state index in [2.05, 4.69) is 15.1 Å². The highest BCUT2D eigenvalue weighted by molar-refractivity contribution is 5.90. The number of amides is 1. The van der Waals surface area contributed by atoms with Crippen molar-refractivity contribution < 1.29 is 18.8 Å². The second kappa shape index (κ2) is 7.39. The maximum Gasteiger partial charge on any atom is 0.295 e. The highest BCUT2D eigenvalue weighted by Crippen LogP contribution is 2.23. The molecule has 128 valence electrons. The van der Waals surface area contributed by atoms with Gasteiger partial charge in [-0.05, 0) is 18.6 Å². The molecule has 1 aliphatic rings. The first-order valence-electron chi connectivity index (χ1n) is 7.90. The van der Waals surface area contributed by atoms with Crippen LogP contribution < -0.4 is 4.74 Å². The Morgan fingerprint density at radius 1 is 1.50 bits per heavy atom. The third kappa shape index (κ3) is 3.53. The minimum absolute atomic E-state index is 0.0333. The number of pyridine rings is 1. The van der Waals surface area contributed by atoms with Gasteiger partial charge in [0.2, 0.25) is 5.89 Å². The van der Waals surface area contributed by atoms with Gasteiger partial charge in [-0.3, -0.25) is 9.78 Å². The van der Waals surface area contributed by atoms with E-state index in [0.29, 0.717) is 37.6 Å². The molecule has 0 unspecified atom stereocenters. The van der Waals surface area contributed by atoms with Crippen molar-refractivity contribution in [2.75, 3.05) is 20.3 Å². The number of rotatable bonds is 6. The summed E-state index contributed by atoms with van der Waals surface area (Å²) in [7, 11) is 1.64. The standard InChI is InChI=1S/C16H20N4O4/c1-3-14-18-15(19-24-14)16(21)20-9-13(22-2)7-11(20)10-23-12-5-4-6-17-8-12/h4-6,8,11,13H,3,7,9-10H2,1-2H3/t11-,13+/m0/s1. The van der Waals surface area contributed by atoms with Crippen molar-refractivity contribution in [1.82, 2.24) is 20.0 Å². The van der Waals surface area contributed by atoms with Gasteiger partial charge in [-0.15, -0.1) is 0 Å². The summed E-state index contributed by atoms with van der Waals surface area (Å²) in [6.07, 6.45) is 4.58. The Morgan fingerprint density at radius 3 is 3.04 bits per heavy atom. The molecule has 2 aromatic heterocycles. The molecule has 0 aromatic carbocycles. The Hall–Kier alpha value is -2.48. The zero-order valence-electron chi connectivity index (χ0n) is 13.7. The van der Waals surface area contributed by atoms with Crippen molar-refractivity contribution in [3.05, 3.63) is 36.2 Å². The fourth-order valence-electron chi connectivity index (χ4n) is 2.69. The van der Waals surface area contributed by atoms with E-state index in [9.17, 15) is 4.79 Å². The number of ether oxygens (including phenoxy) is 2. The Balaban J connectivity index is 1.69. The first-order chi connectivity index (χ1) is 11.7. The second-order valence-electron chi connectivity index (χ2n) is 5.57. The number of aromatic nitrogens is 3. The van der Waals surface area contributed by atoms with Crippen LogP contribution in [0.3, 0.4) is 0 Å². The molecule has 0 aliphatic carbocycles. The molecule has 0 saturated carbocycles. The quantitative estimate of drug-likeness (QED) is 0.788. The van der Waals surface area contributed by atoms with Crippen molar-refractivity contribution in [3.63, 3.8) is 0 Å². The van der Waals surface area contributed by atoms with E-state index in [1.807, 2.05) is 13.0 Å². The summed E-state index contributed by atoms with van der Waals surface area (Å²) < 4.78 is 16.2. The van der Waals surface area contributed by atoms with E-state index in [4.69, 9.17) is 14.0 Å². The molecule has 0 bridgehead atoms. The Morgan fingerprint density at radius 2 is 2.38 bits per heavy atom. The van der Waals surface area contributed by atoms with E-state index in [1.54, 1.807) is 30.5 Å². The molecule has 3 rings (SSSR count). The highest BCUT2D eigenvalue weighted by Gasteiger charge is 2.38. The molecule has 3 heterocycles. The van der Waals surface area contributed by atoms with Crippen LogP contribution in [0.1, 0.15) is 29.9 Å². The summed E-state index contributed by atoms with van der Waals surface area (Å²) in [6.45, 7) is 2.73. The van der Waals surface area contributed by atoms with Crippen LogP contribution in [0, 0.1) is 0 Å². The van der Waals surface area contributed by atoms with Gasteiger partial charge < -0.3 is 18.9 Å². The predicted octanol–water partition coefficient (Wildman–Crippen LogP) is 1.34. The van der Waals surface area contributed by atoms with Crippen molar-refractivity contribution in [2.45, 2.75) is 31.9 Å². The summed E-state index contributed by atoms with van der Waals surface area (Å²) in [5.74, 6) is 0.926. The van der Waals surface area contributed by atoms with Gasteiger partial charge in [0.15, 0.2) is 0 Å². The lowest BCUT2D eigenvalue weighted by Gasteiger charge is -2.23. The summed E-state index contributed by atoms with van der Waals surface area (Å²) in [4.78, 5) is 22.5. The van der Waals surface area contributed by atoms with E-state index in [1.165, 1.54) is 0 Å².